The van der Waals surface area contributed by atoms with Crippen molar-refractivity contribution >= 4 is 17.8 Å². The minimum atomic E-state index is -0.913. The van der Waals surface area contributed by atoms with Gasteiger partial charge >= 0.3 is 6.03 Å². The van der Waals surface area contributed by atoms with Gasteiger partial charge in [0.05, 0.1) is 0 Å². The van der Waals surface area contributed by atoms with Gasteiger partial charge in [-0.15, -0.1) is 0 Å². The molecule has 5 N–H and O–H groups in total. The first-order valence-electron chi connectivity index (χ1n) is 8.97. The van der Waals surface area contributed by atoms with Gasteiger partial charge in [0.1, 0.15) is 6.04 Å². The Morgan fingerprint density at radius 1 is 0.929 bits per heavy atom. The van der Waals surface area contributed by atoms with Crippen molar-refractivity contribution in [2.75, 3.05) is 0 Å². The van der Waals surface area contributed by atoms with Crippen molar-refractivity contribution in [1.29, 1.82) is 0 Å². The second kappa shape index (κ2) is 9.03. The van der Waals surface area contributed by atoms with Crippen molar-refractivity contribution in [2.45, 2.75) is 38.6 Å². The molecule has 0 saturated carbocycles. The van der Waals surface area contributed by atoms with E-state index in [1.54, 1.807) is 12.1 Å². The Morgan fingerprint density at radius 2 is 1.54 bits per heavy atom. The molecule has 1 unspecified atom stereocenters. The van der Waals surface area contributed by atoms with Crippen molar-refractivity contribution in [3.05, 3.63) is 71.3 Å². The van der Waals surface area contributed by atoms with Crippen LogP contribution in [0.4, 0.5) is 4.79 Å². The molecule has 2 aromatic carbocycles. The van der Waals surface area contributed by atoms with Gasteiger partial charge in [0.15, 0.2) is 0 Å². The van der Waals surface area contributed by atoms with Crippen LogP contribution in [0.5, 0.6) is 0 Å². The molecular formula is C21H26N4O3. The SMILES string of the molecule is CC(C)(C)c1ccc(C(=O)NNC(=O)C(Cc2ccccc2)NC(N)=O)cc1. The van der Waals surface area contributed by atoms with Crippen molar-refractivity contribution in [2.24, 2.45) is 5.73 Å². The van der Waals surface area contributed by atoms with E-state index >= 15 is 0 Å². The van der Waals surface area contributed by atoms with Gasteiger partial charge in [0.25, 0.3) is 11.8 Å². The van der Waals surface area contributed by atoms with Gasteiger partial charge < -0.3 is 11.1 Å². The normalized spacial score (nSPS) is 12.0. The maximum atomic E-state index is 12.4. The molecule has 0 aliphatic rings. The van der Waals surface area contributed by atoms with Gasteiger partial charge in [0.2, 0.25) is 0 Å². The molecular weight excluding hydrogens is 356 g/mol. The lowest BCUT2D eigenvalue weighted by Gasteiger charge is -2.19. The van der Waals surface area contributed by atoms with Crippen LogP contribution in [0, 0.1) is 0 Å². The van der Waals surface area contributed by atoms with Gasteiger partial charge in [-0.05, 0) is 28.7 Å². The average Bonchev–Trinajstić information content (AvgIpc) is 2.65. The third kappa shape index (κ3) is 6.12. The zero-order chi connectivity index (χ0) is 20.7. The van der Waals surface area contributed by atoms with Crippen LogP contribution in [-0.4, -0.2) is 23.9 Å². The summed E-state index contributed by atoms with van der Waals surface area (Å²) in [4.78, 5) is 35.9. The lowest BCUT2D eigenvalue weighted by atomic mass is 9.87. The van der Waals surface area contributed by atoms with Crippen LogP contribution >= 0.6 is 0 Å². The van der Waals surface area contributed by atoms with E-state index in [9.17, 15) is 14.4 Å². The molecule has 2 aromatic rings. The number of primary amides is 1. The molecule has 7 heteroatoms. The first-order chi connectivity index (χ1) is 13.2. The Labute approximate surface area is 164 Å². The fraction of sp³-hybridized carbons (Fsp3) is 0.286. The van der Waals surface area contributed by atoms with E-state index in [1.165, 1.54) is 0 Å². The molecule has 2 rings (SSSR count). The highest BCUT2D eigenvalue weighted by molar-refractivity contribution is 5.96. The van der Waals surface area contributed by atoms with Crippen LogP contribution in [0.3, 0.4) is 0 Å². The van der Waals surface area contributed by atoms with E-state index in [1.807, 2.05) is 42.5 Å². The van der Waals surface area contributed by atoms with Crippen molar-refractivity contribution in [3.63, 3.8) is 0 Å². The lowest BCUT2D eigenvalue weighted by Crippen LogP contribution is -2.54. The molecule has 0 aromatic heterocycles. The number of benzene rings is 2. The summed E-state index contributed by atoms with van der Waals surface area (Å²) in [6.45, 7) is 6.25. The maximum Gasteiger partial charge on any atom is 0.312 e. The standard InChI is InChI=1S/C21H26N4O3/c1-21(2,3)16-11-9-15(10-12-16)18(26)24-25-19(27)17(23-20(22)28)13-14-7-5-4-6-8-14/h4-12,17H,13H2,1-3H3,(H,24,26)(H,25,27)(H3,22,23,28). The third-order valence-electron chi connectivity index (χ3n) is 4.23. The van der Waals surface area contributed by atoms with Gasteiger partial charge in [-0.25, -0.2) is 4.79 Å². The van der Waals surface area contributed by atoms with Crippen molar-refractivity contribution in [3.8, 4) is 0 Å². The summed E-state index contributed by atoms with van der Waals surface area (Å²) in [5, 5.41) is 2.39. The molecule has 1 atom stereocenters. The van der Waals surface area contributed by atoms with Crippen LogP contribution in [0.25, 0.3) is 0 Å². The van der Waals surface area contributed by atoms with Crippen LogP contribution in [0.2, 0.25) is 0 Å². The molecule has 28 heavy (non-hydrogen) atoms. The van der Waals surface area contributed by atoms with Crippen LogP contribution in [-0.2, 0) is 16.6 Å². The monoisotopic (exact) mass is 382 g/mol. The Morgan fingerprint density at radius 3 is 2.07 bits per heavy atom. The number of hydrogen-bond donors (Lipinski definition) is 4. The molecule has 0 saturated heterocycles. The Hall–Kier alpha value is -3.35. The molecule has 0 spiro atoms. The summed E-state index contributed by atoms with van der Waals surface area (Å²) < 4.78 is 0. The number of nitrogens with one attached hydrogen (secondary N) is 3. The molecule has 7 nitrogen and oxygen atoms in total. The summed E-state index contributed by atoms with van der Waals surface area (Å²) in [7, 11) is 0. The first-order valence-corrected chi connectivity index (χ1v) is 8.97. The van der Waals surface area contributed by atoms with Crippen molar-refractivity contribution < 1.29 is 14.4 Å². The second-order valence-electron chi connectivity index (χ2n) is 7.52. The maximum absolute atomic E-state index is 12.4. The highest BCUT2D eigenvalue weighted by Crippen LogP contribution is 2.22. The number of urea groups is 1. The number of hydrazine groups is 1. The third-order valence-corrected chi connectivity index (χ3v) is 4.23. The van der Waals surface area contributed by atoms with Crippen LogP contribution in [0.15, 0.2) is 54.6 Å². The Bertz CT molecular complexity index is 827. The number of carbonyl (C=O) groups excluding carboxylic acids is 3. The fourth-order valence-corrected chi connectivity index (χ4v) is 2.63. The number of rotatable bonds is 5. The summed E-state index contributed by atoms with van der Waals surface area (Å²) in [6.07, 6.45) is 0.242. The van der Waals surface area contributed by atoms with Crippen LogP contribution in [0.1, 0.15) is 42.3 Å². The first kappa shape index (κ1) is 21.0. The van der Waals surface area contributed by atoms with Crippen molar-refractivity contribution in [1.82, 2.24) is 16.2 Å². The summed E-state index contributed by atoms with van der Waals surface area (Å²) in [5.74, 6) is -1.02. The van der Waals surface area contributed by atoms with E-state index in [0.29, 0.717) is 5.56 Å². The number of carbonyl (C=O) groups is 3. The largest absolute Gasteiger partial charge is 0.352 e. The second-order valence-corrected chi connectivity index (χ2v) is 7.52. The molecule has 0 bridgehead atoms. The average molecular weight is 382 g/mol. The summed E-state index contributed by atoms with van der Waals surface area (Å²) in [5.41, 5.74) is 12.2. The van der Waals surface area contributed by atoms with E-state index in [2.05, 4.69) is 36.9 Å². The summed E-state index contributed by atoms with van der Waals surface area (Å²) >= 11 is 0. The molecule has 0 radical (unpaired) electrons. The lowest BCUT2D eigenvalue weighted by molar-refractivity contribution is -0.123. The topological polar surface area (TPSA) is 113 Å². The minimum absolute atomic E-state index is 0.0195. The Balaban J connectivity index is 1.99. The van der Waals surface area contributed by atoms with Crippen LogP contribution < -0.4 is 21.9 Å². The van der Waals surface area contributed by atoms with Gasteiger partial charge in [-0.2, -0.15) is 0 Å². The molecule has 4 amide bonds. The zero-order valence-corrected chi connectivity index (χ0v) is 16.3. The smallest absolute Gasteiger partial charge is 0.312 e. The zero-order valence-electron chi connectivity index (χ0n) is 16.3. The molecule has 0 heterocycles. The fourth-order valence-electron chi connectivity index (χ4n) is 2.63. The highest BCUT2D eigenvalue weighted by Gasteiger charge is 2.21. The number of amides is 4. The Kier molecular flexibility index (Phi) is 6.76. The van der Waals surface area contributed by atoms with E-state index in [4.69, 9.17) is 5.73 Å². The molecule has 0 aliphatic heterocycles. The van der Waals surface area contributed by atoms with Gasteiger partial charge in [0, 0.05) is 12.0 Å². The minimum Gasteiger partial charge on any atom is -0.352 e. The predicted octanol–water partition coefficient (Wildman–Crippen LogP) is 2.02. The van der Waals surface area contributed by atoms with Gasteiger partial charge in [-0.1, -0.05) is 63.2 Å². The van der Waals surface area contributed by atoms with E-state index in [0.717, 1.165) is 11.1 Å². The molecule has 148 valence electrons. The molecule has 0 aliphatic carbocycles. The highest BCUT2D eigenvalue weighted by atomic mass is 16.2. The van der Waals surface area contributed by atoms with Gasteiger partial charge in [-0.3, -0.25) is 20.4 Å². The molecule has 0 fully saturated rings. The summed E-state index contributed by atoms with van der Waals surface area (Å²) in [6, 6.07) is 14.6. The van der Waals surface area contributed by atoms with E-state index in [-0.39, 0.29) is 11.8 Å². The number of hydrogen-bond acceptors (Lipinski definition) is 3. The number of nitrogens with two attached hydrogens (primary N) is 1. The van der Waals surface area contributed by atoms with E-state index < -0.39 is 23.9 Å². The quantitative estimate of drug-likeness (QED) is 0.593. The predicted molar refractivity (Wildman–Crippen MR) is 107 cm³/mol.